The van der Waals surface area contributed by atoms with Gasteiger partial charge in [0.2, 0.25) is 18.4 Å². The Labute approximate surface area is 147 Å². The number of ether oxygens (including phenoxy) is 3. The number of carbonyl (C=O) groups is 1. The van der Waals surface area contributed by atoms with Crippen LogP contribution in [0, 0.1) is 0 Å². The summed E-state index contributed by atoms with van der Waals surface area (Å²) in [6, 6.07) is 4.58. The van der Waals surface area contributed by atoms with Gasteiger partial charge < -0.3 is 19.9 Å². The van der Waals surface area contributed by atoms with Gasteiger partial charge in [0.05, 0.1) is 12.8 Å². The number of fused-ring (bicyclic) bond motifs is 1. The standard InChI is InChI=1S/C15H14N2O6S2/c1-21-14-9(4-5-12(16)18)10(7-11-15(14)23-8-22-11)17-25(19,20)13-3-2-6-24-13/h2-7,17H,8H2,1H3,(H2,16,18)/b5-4+. The van der Waals surface area contributed by atoms with Crippen LogP contribution < -0.4 is 24.7 Å². The second kappa shape index (κ2) is 6.65. The first-order valence-electron chi connectivity index (χ1n) is 6.97. The molecule has 1 aromatic heterocycles. The molecule has 0 fully saturated rings. The second-order valence-corrected chi connectivity index (χ2v) is 7.74. The molecule has 0 aliphatic carbocycles. The number of hydrogen-bond acceptors (Lipinski definition) is 7. The summed E-state index contributed by atoms with van der Waals surface area (Å²) in [5.74, 6) is 0.200. The quantitative estimate of drug-likeness (QED) is 0.736. The number of nitrogens with one attached hydrogen (secondary N) is 1. The Hall–Kier alpha value is -2.72. The van der Waals surface area contributed by atoms with E-state index in [2.05, 4.69) is 4.72 Å². The molecule has 2 aromatic rings. The van der Waals surface area contributed by atoms with Gasteiger partial charge in [0, 0.05) is 17.7 Å². The summed E-state index contributed by atoms with van der Waals surface area (Å²) in [5.41, 5.74) is 5.61. The fourth-order valence-electron chi connectivity index (χ4n) is 2.26. The number of sulfonamides is 1. The molecule has 0 unspecified atom stereocenters. The highest BCUT2D eigenvalue weighted by molar-refractivity contribution is 7.94. The SMILES string of the molecule is COc1c(/C=C/C(N)=O)c(NS(=O)(=O)c2cccs2)cc2c1OCO2. The van der Waals surface area contributed by atoms with Crippen LogP contribution in [-0.2, 0) is 14.8 Å². The molecule has 25 heavy (non-hydrogen) atoms. The normalized spacial score (nSPS) is 13.2. The molecule has 1 aliphatic rings. The third-order valence-electron chi connectivity index (χ3n) is 3.28. The third-order valence-corrected chi connectivity index (χ3v) is 6.04. The van der Waals surface area contributed by atoms with Crippen molar-refractivity contribution in [2.45, 2.75) is 4.21 Å². The molecule has 0 atom stereocenters. The lowest BCUT2D eigenvalue weighted by molar-refractivity contribution is -0.113. The number of methoxy groups -OCH3 is 1. The lowest BCUT2D eigenvalue weighted by Crippen LogP contribution is -2.13. The molecule has 1 aromatic carbocycles. The van der Waals surface area contributed by atoms with E-state index in [1.165, 1.54) is 25.3 Å². The highest BCUT2D eigenvalue weighted by Crippen LogP contribution is 2.47. The van der Waals surface area contributed by atoms with Crippen molar-refractivity contribution < 1.29 is 27.4 Å². The van der Waals surface area contributed by atoms with Crippen LogP contribution >= 0.6 is 11.3 Å². The smallest absolute Gasteiger partial charge is 0.271 e. The van der Waals surface area contributed by atoms with Gasteiger partial charge in [-0.25, -0.2) is 8.42 Å². The van der Waals surface area contributed by atoms with Crippen molar-refractivity contribution in [3.05, 3.63) is 35.2 Å². The van der Waals surface area contributed by atoms with Crippen LogP contribution in [-0.4, -0.2) is 28.2 Å². The van der Waals surface area contributed by atoms with E-state index >= 15 is 0 Å². The molecule has 0 bridgehead atoms. The molecule has 132 valence electrons. The van der Waals surface area contributed by atoms with Crippen LogP contribution in [0.5, 0.6) is 17.2 Å². The van der Waals surface area contributed by atoms with E-state index in [1.54, 1.807) is 11.4 Å². The highest BCUT2D eigenvalue weighted by atomic mass is 32.2. The van der Waals surface area contributed by atoms with Crippen LogP contribution in [0.4, 0.5) is 5.69 Å². The lowest BCUT2D eigenvalue weighted by Gasteiger charge is -2.15. The molecule has 2 heterocycles. The Morgan fingerprint density at radius 3 is 2.88 bits per heavy atom. The topological polar surface area (TPSA) is 117 Å². The Bertz CT molecular complexity index is 935. The number of primary amides is 1. The number of hydrogen-bond donors (Lipinski definition) is 2. The number of benzene rings is 1. The zero-order valence-electron chi connectivity index (χ0n) is 13.0. The maximum atomic E-state index is 12.5. The van der Waals surface area contributed by atoms with Gasteiger partial charge in [0.25, 0.3) is 10.0 Å². The Balaban J connectivity index is 2.13. The summed E-state index contributed by atoms with van der Waals surface area (Å²) in [6.45, 7) is -0.0220. The van der Waals surface area contributed by atoms with Crippen LogP contribution in [0.25, 0.3) is 6.08 Å². The van der Waals surface area contributed by atoms with E-state index in [1.807, 2.05) is 0 Å². The van der Waals surface area contributed by atoms with Crippen molar-refractivity contribution in [3.63, 3.8) is 0 Å². The zero-order valence-corrected chi connectivity index (χ0v) is 14.6. The summed E-state index contributed by atoms with van der Waals surface area (Å²) in [4.78, 5) is 11.1. The van der Waals surface area contributed by atoms with E-state index in [0.29, 0.717) is 17.1 Å². The predicted molar refractivity (Wildman–Crippen MR) is 92.5 cm³/mol. The molecular formula is C15H14N2O6S2. The molecule has 10 heteroatoms. The van der Waals surface area contributed by atoms with E-state index in [4.69, 9.17) is 19.9 Å². The van der Waals surface area contributed by atoms with Crippen LogP contribution in [0.3, 0.4) is 0 Å². The molecule has 1 aliphatic heterocycles. The third kappa shape index (κ3) is 3.39. The second-order valence-electron chi connectivity index (χ2n) is 4.88. The molecule has 0 radical (unpaired) electrons. The number of carbonyl (C=O) groups excluding carboxylic acids is 1. The molecule has 0 saturated heterocycles. The van der Waals surface area contributed by atoms with Gasteiger partial charge in [-0.15, -0.1) is 11.3 Å². The fraction of sp³-hybridized carbons (Fsp3) is 0.133. The van der Waals surface area contributed by atoms with Gasteiger partial charge in [-0.2, -0.15) is 0 Å². The van der Waals surface area contributed by atoms with Crippen molar-refractivity contribution in [2.24, 2.45) is 5.73 Å². The molecule has 0 saturated carbocycles. The molecular weight excluding hydrogens is 368 g/mol. The minimum atomic E-state index is -3.81. The first kappa shape index (κ1) is 17.1. The van der Waals surface area contributed by atoms with Gasteiger partial charge in [0.15, 0.2) is 11.5 Å². The number of rotatable bonds is 6. The number of anilines is 1. The predicted octanol–water partition coefficient (Wildman–Crippen LogP) is 1.78. The fourth-order valence-corrected chi connectivity index (χ4v) is 4.32. The van der Waals surface area contributed by atoms with Crippen molar-refractivity contribution in [2.75, 3.05) is 18.6 Å². The number of nitrogens with two attached hydrogens (primary N) is 1. The van der Waals surface area contributed by atoms with Gasteiger partial charge in [-0.05, 0) is 17.5 Å². The first-order valence-corrected chi connectivity index (χ1v) is 9.33. The lowest BCUT2D eigenvalue weighted by atomic mass is 10.1. The highest BCUT2D eigenvalue weighted by Gasteiger charge is 2.27. The van der Waals surface area contributed by atoms with Crippen molar-refractivity contribution >= 4 is 39.0 Å². The minimum Gasteiger partial charge on any atom is -0.492 e. The number of thiophene rings is 1. The van der Waals surface area contributed by atoms with Crippen LogP contribution in [0.2, 0.25) is 0 Å². The van der Waals surface area contributed by atoms with Crippen LogP contribution in [0.15, 0.2) is 33.9 Å². The summed E-state index contributed by atoms with van der Waals surface area (Å²) >= 11 is 1.08. The monoisotopic (exact) mass is 382 g/mol. The summed E-state index contributed by atoms with van der Waals surface area (Å²) in [7, 11) is -2.41. The molecule has 3 rings (SSSR count). The maximum absolute atomic E-state index is 12.5. The Morgan fingerprint density at radius 1 is 1.44 bits per heavy atom. The van der Waals surface area contributed by atoms with Gasteiger partial charge in [-0.1, -0.05) is 6.07 Å². The number of amides is 1. The van der Waals surface area contributed by atoms with Gasteiger partial charge in [-0.3, -0.25) is 9.52 Å². The summed E-state index contributed by atoms with van der Waals surface area (Å²) < 4.78 is 43.7. The van der Waals surface area contributed by atoms with Crippen molar-refractivity contribution in [1.29, 1.82) is 0 Å². The average Bonchev–Trinajstić information content (AvgIpc) is 3.23. The van der Waals surface area contributed by atoms with E-state index < -0.39 is 15.9 Å². The summed E-state index contributed by atoms with van der Waals surface area (Å²) in [6.07, 6.45) is 2.46. The Morgan fingerprint density at radius 2 is 2.24 bits per heavy atom. The minimum absolute atomic E-state index is 0.0220. The zero-order chi connectivity index (χ0) is 18.0. The molecule has 1 amide bonds. The Kier molecular flexibility index (Phi) is 4.55. The van der Waals surface area contributed by atoms with E-state index in [9.17, 15) is 13.2 Å². The molecule has 8 nitrogen and oxygen atoms in total. The van der Waals surface area contributed by atoms with Crippen LogP contribution in [0.1, 0.15) is 5.56 Å². The van der Waals surface area contributed by atoms with Crippen molar-refractivity contribution in [3.8, 4) is 17.2 Å². The average molecular weight is 382 g/mol. The van der Waals surface area contributed by atoms with E-state index in [0.717, 1.165) is 17.4 Å². The molecule has 0 spiro atoms. The van der Waals surface area contributed by atoms with E-state index in [-0.39, 0.29) is 22.4 Å². The molecule has 3 N–H and O–H groups in total. The summed E-state index contributed by atoms with van der Waals surface area (Å²) in [5, 5.41) is 1.66. The first-order chi connectivity index (χ1) is 11.9. The van der Waals surface area contributed by atoms with Crippen molar-refractivity contribution in [1.82, 2.24) is 0 Å². The maximum Gasteiger partial charge on any atom is 0.271 e. The van der Waals surface area contributed by atoms with Gasteiger partial charge >= 0.3 is 0 Å². The largest absolute Gasteiger partial charge is 0.492 e. The van der Waals surface area contributed by atoms with Gasteiger partial charge in [0.1, 0.15) is 4.21 Å².